The first-order chi connectivity index (χ1) is 12.4. The third kappa shape index (κ3) is 11.0. The highest BCUT2D eigenvalue weighted by Crippen LogP contribution is 2.21. The molecule has 0 saturated carbocycles. The van der Waals surface area contributed by atoms with E-state index in [0.717, 1.165) is 0 Å². The van der Waals surface area contributed by atoms with E-state index in [1.165, 1.54) is 0 Å². The summed E-state index contributed by atoms with van der Waals surface area (Å²) in [6.45, 7) is 8.11. The molecule has 0 saturated heterocycles. The minimum atomic E-state index is -4.83. The van der Waals surface area contributed by atoms with Crippen molar-refractivity contribution in [3.8, 4) is 0 Å². The van der Waals surface area contributed by atoms with Crippen molar-refractivity contribution in [1.29, 1.82) is 0 Å². The van der Waals surface area contributed by atoms with Crippen molar-refractivity contribution in [3.05, 3.63) is 0 Å². The zero-order valence-corrected chi connectivity index (χ0v) is 16.9. The minimum Gasteiger partial charge on any atom is -0.480 e. The van der Waals surface area contributed by atoms with E-state index in [1.807, 2.05) is 10.6 Å². The second-order valence-electron chi connectivity index (χ2n) is 8.21. The predicted molar refractivity (Wildman–Crippen MR) is 93.7 cm³/mol. The van der Waals surface area contributed by atoms with Gasteiger partial charge in [0, 0.05) is 13.0 Å². The van der Waals surface area contributed by atoms with Crippen molar-refractivity contribution >= 4 is 18.0 Å². The van der Waals surface area contributed by atoms with E-state index in [2.05, 4.69) is 0 Å². The number of amides is 1. The third-order valence-corrected chi connectivity index (χ3v) is 3.20. The van der Waals surface area contributed by atoms with Gasteiger partial charge in [-0.15, -0.1) is 0 Å². The number of carboxylic acids is 1. The van der Waals surface area contributed by atoms with Crippen molar-refractivity contribution in [2.45, 2.75) is 71.8 Å². The number of alkyl carbamates (subject to hydrolysis) is 1. The molecule has 0 aliphatic carbocycles. The Morgan fingerprint density at radius 1 is 1.04 bits per heavy atom. The Bertz CT molecular complexity index is 553. The summed E-state index contributed by atoms with van der Waals surface area (Å²) in [5, 5.41) is 13.1. The van der Waals surface area contributed by atoms with Gasteiger partial charge in [-0.05, 0) is 41.5 Å². The molecule has 0 bridgehead atoms. The molecule has 8 nitrogen and oxygen atoms in total. The van der Waals surface area contributed by atoms with Crippen LogP contribution in [0.5, 0.6) is 0 Å². The number of ether oxygens (including phenoxy) is 2. The Balaban J connectivity index is 4.89. The van der Waals surface area contributed by atoms with Crippen LogP contribution in [0.4, 0.5) is 18.0 Å². The van der Waals surface area contributed by atoms with Crippen molar-refractivity contribution in [2.24, 2.45) is 5.41 Å². The summed E-state index contributed by atoms with van der Waals surface area (Å²) in [6, 6.07) is -3.97. The summed E-state index contributed by atoms with van der Waals surface area (Å²) in [6.07, 6.45) is -6.27. The van der Waals surface area contributed by atoms with E-state index in [1.54, 1.807) is 41.5 Å². The number of hydrogen-bond donors (Lipinski definition) is 3. The smallest absolute Gasteiger partial charge is 0.407 e. The van der Waals surface area contributed by atoms with Crippen LogP contribution in [-0.2, 0) is 19.1 Å². The largest absolute Gasteiger partial charge is 0.480 e. The van der Waals surface area contributed by atoms with E-state index in [0.29, 0.717) is 0 Å². The van der Waals surface area contributed by atoms with Gasteiger partial charge in [-0.2, -0.15) is 13.2 Å². The second-order valence-corrected chi connectivity index (χ2v) is 8.21. The molecule has 0 aromatic rings. The van der Waals surface area contributed by atoms with Gasteiger partial charge in [0.05, 0.1) is 12.0 Å². The molecule has 28 heavy (non-hydrogen) atoms. The van der Waals surface area contributed by atoms with Crippen LogP contribution in [-0.4, -0.2) is 60.2 Å². The van der Waals surface area contributed by atoms with E-state index in [9.17, 15) is 27.6 Å². The molecule has 2 atom stereocenters. The Hall–Kier alpha value is -2.04. The van der Waals surface area contributed by atoms with Crippen LogP contribution in [0, 0.1) is 5.41 Å². The highest BCUT2D eigenvalue weighted by molar-refractivity contribution is 5.76. The minimum absolute atomic E-state index is 0.371. The van der Waals surface area contributed by atoms with Gasteiger partial charge in [0.2, 0.25) is 0 Å². The monoisotopic (exact) mass is 414 g/mol. The highest BCUT2D eigenvalue weighted by atomic mass is 19.4. The topological polar surface area (TPSA) is 114 Å². The van der Waals surface area contributed by atoms with Gasteiger partial charge in [-0.1, -0.05) is 0 Å². The number of nitrogens with one attached hydrogen (secondary N) is 2. The fourth-order valence-corrected chi connectivity index (χ4v) is 1.78. The van der Waals surface area contributed by atoms with Crippen LogP contribution >= 0.6 is 0 Å². The summed E-state index contributed by atoms with van der Waals surface area (Å²) in [4.78, 5) is 34.5. The SMILES string of the molecule is CC(C)(C)OC(=O)NC[C@H](N[C@@H](CCOC(=O)C(C)(C)C)C(=O)O)C(F)(F)F. The van der Waals surface area contributed by atoms with Crippen molar-refractivity contribution in [2.75, 3.05) is 13.2 Å². The molecule has 11 heteroatoms. The van der Waals surface area contributed by atoms with Gasteiger partial charge in [0.25, 0.3) is 0 Å². The first-order valence-electron chi connectivity index (χ1n) is 8.63. The zero-order chi connectivity index (χ0) is 22.3. The lowest BCUT2D eigenvalue weighted by Crippen LogP contribution is -2.55. The summed E-state index contributed by atoms with van der Waals surface area (Å²) in [5.41, 5.74) is -1.72. The number of carbonyl (C=O) groups is 3. The maximum atomic E-state index is 13.2. The lowest BCUT2D eigenvalue weighted by atomic mass is 9.97. The number of hydrogen-bond acceptors (Lipinski definition) is 6. The van der Waals surface area contributed by atoms with Crippen LogP contribution < -0.4 is 10.6 Å². The number of esters is 1. The average Bonchev–Trinajstić information content (AvgIpc) is 2.44. The van der Waals surface area contributed by atoms with Crippen LogP contribution in [0.1, 0.15) is 48.0 Å². The zero-order valence-electron chi connectivity index (χ0n) is 16.9. The Morgan fingerprint density at radius 2 is 1.57 bits per heavy atom. The lowest BCUT2D eigenvalue weighted by Gasteiger charge is -2.27. The maximum absolute atomic E-state index is 13.2. The summed E-state index contributed by atoms with van der Waals surface area (Å²) >= 11 is 0. The number of rotatable bonds is 8. The number of carboxylic acid groups (broad SMARTS) is 1. The van der Waals surface area contributed by atoms with E-state index >= 15 is 0 Å². The van der Waals surface area contributed by atoms with Crippen LogP contribution in [0.15, 0.2) is 0 Å². The summed E-state index contributed by atoms with van der Waals surface area (Å²) < 4.78 is 49.4. The van der Waals surface area contributed by atoms with Gasteiger partial charge < -0.3 is 19.9 Å². The predicted octanol–water partition coefficient (Wildman–Crippen LogP) is 2.46. The van der Waals surface area contributed by atoms with Crippen molar-refractivity contribution < 1.29 is 42.1 Å². The molecule has 0 aliphatic rings. The van der Waals surface area contributed by atoms with Crippen molar-refractivity contribution in [3.63, 3.8) is 0 Å². The molecular formula is C17H29F3N2O6. The molecule has 0 heterocycles. The van der Waals surface area contributed by atoms with Crippen LogP contribution in [0.3, 0.4) is 0 Å². The molecule has 0 aromatic heterocycles. The van der Waals surface area contributed by atoms with E-state index in [-0.39, 0.29) is 13.0 Å². The maximum Gasteiger partial charge on any atom is 0.407 e. The molecule has 164 valence electrons. The molecule has 0 unspecified atom stereocenters. The molecule has 0 aliphatic heterocycles. The molecule has 0 fully saturated rings. The lowest BCUT2D eigenvalue weighted by molar-refractivity contribution is -0.162. The van der Waals surface area contributed by atoms with Gasteiger partial charge in [-0.3, -0.25) is 14.9 Å². The van der Waals surface area contributed by atoms with E-state index in [4.69, 9.17) is 14.6 Å². The third-order valence-electron chi connectivity index (χ3n) is 3.20. The van der Waals surface area contributed by atoms with Gasteiger partial charge in [0.15, 0.2) is 0 Å². The number of halogens is 3. The molecule has 0 spiro atoms. The fraction of sp³-hybridized carbons (Fsp3) is 0.824. The van der Waals surface area contributed by atoms with Gasteiger partial charge in [0.1, 0.15) is 17.7 Å². The van der Waals surface area contributed by atoms with Gasteiger partial charge in [-0.25, -0.2) is 4.79 Å². The summed E-state index contributed by atoms with van der Waals surface area (Å²) in [7, 11) is 0. The number of aliphatic carboxylic acids is 1. The Morgan fingerprint density at radius 3 is 1.96 bits per heavy atom. The molecular weight excluding hydrogens is 385 g/mol. The number of carbonyl (C=O) groups excluding carboxylic acids is 2. The second kappa shape index (κ2) is 9.94. The number of alkyl halides is 3. The molecule has 0 rings (SSSR count). The molecule has 0 radical (unpaired) electrons. The quantitative estimate of drug-likeness (QED) is 0.523. The van der Waals surface area contributed by atoms with Crippen molar-refractivity contribution in [1.82, 2.24) is 10.6 Å². The molecule has 1 amide bonds. The standard InChI is InChI=1S/C17H29F3N2O6/c1-15(2,3)13(25)27-8-7-10(12(23)24)22-11(17(18,19)20)9-21-14(26)28-16(4,5)6/h10-11,22H,7-9H2,1-6H3,(H,21,26)(H,23,24)/t10-,11-/m0/s1. The highest BCUT2D eigenvalue weighted by Gasteiger charge is 2.42. The molecule has 0 aromatic carbocycles. The fourth-order valence-electron chi connectivity index (χ4n) is 1.78. The first kappa shape index (κ1) is 26.0. The van der Waals surface area contributed by atoms with Crippen LogP contribution in [0.2, 0.25) is 0 Å². The normalized spacial score (nSPS) is 14.8. The Kier molecular flexibility index (Phi) is 9.22. The summed E-state index contributed by atoms with van der Waals surface area (Å²) in [5.74, 6) is -2.14. The molecule has 3 N–H and O–H groups in total. The van der Waals surface area contributed by atoms with E-state index < -0.39 is 53.9 Å². The van der Waals surface area contributed by atoms with Gasteiger partial charge >= 0.3 is 24.2 Å². The van der Waals surface area contributed by atoms with Crippen LogP contribution in [0.25, 0.3) is 0 Å². The average molecular weight is 414 g/mol. The Labute approximate surface area is 162 Å². The first-order valence-corrected chi connectivity index (χ1v) is 8.63.